The molecule has 0 radical (unpaired) electrons. The van der Waals surface area contributed by atoms with E-state index in [9.17, 15) is 0 Å². The summed E-state index contributed by atoms with van der Waals surface area (Å²) in [6, 6.07) is 6.86. The second-order valence-electron chi connectivity index (χ2n) is 7.27. The number of fused-ring (bicyclic) bond motifs is 1. The van der Waals surface area contributed by atoms with Crippen molar-refractivity contribution in [1.82, 2.24) is 5.32 Å². The highest BCUT2D eigenvalue weighted by Gasteiger charge is 2.50. The highest BCUT2D eigenvalue weighted by Crippen LogP contribution is 2.58. The van der Waals surface area contributed by atoms with Crippen molar-refractivity contribution in [2.75, 3.05) is 19.8 Å². The highest BCUT2D eigenvalue weighted by molar-refractivity contribution is 5.45. The molecule has 3 nitrogen and oxygen atoms in total. The lowest BCUT2D eigenvalue weighted by atomic mass is 9.96. The van der Waals surface area contributed by atoms with Crippen LogP contribution in [0.5, 0.6) is 11.5 Å². The summed E-state index contributed by atoms with van der Waals surface area (Å²) in [5, 5.41) is 3.65. The van der Waals surface area contributed by atoms with Crippen molar-refractivity contribution in [3.8, 4) is 11.5 Å². The van der Waals surface area contributed by atoms with Crippen LogP contribution in [0, 0.1) is 17.3 Å². The first-order valence-corrected chi connectivity index (χ1v) is 8.14. The summed E-state index contributed by atoms with van der Waals surface area (Å²) in [6.45, 7) is 11.5. The van der Waals surface area contributed by atoms with Crippen LogP contribution in [0.15, 0.2) is 18.2 Å². The Morgan fingerprint density at radius 3 is 2.52 bits per heavy atom. The number of hydrogen-bond acceptors (Lipinski definition) is 3. The largest absolute Gasteiger partial charge is 0.489 e. The van der Waals surface area contributed by atoms with E-state index in [-0.39, 0.29) is 0 Å². The molecule has 1 N–H and O–H groups in total. The van der Waals surface area contributed by atoms with Crippen molar-refractivity contribution >= 4 is 0 Å². The van der Waals surface area contributed by atoms with Crippen molar-refractivity contribution in [1.29, 1.82) is 0 Å². The van der Waals surface area contributed by atoms with Gasteiger partial charge in [-0.05, 0) is 42.0 Å². The van der Waals surface area contributed by atoms with Crippen LogP contribution in [0.3, 0.4) is 0 Å². The molecule has 3 unspecified atom stereocenters. The van der Waals surface area contributed by atoms with Crippen LogP contribution >= 0.6 is 0 Å². The molecule has 0 saturated heterocycles. The first-order chi connectivity index (χ1) is 10.0. The van der Waals surface area contributed by atoms with Gasteiger partial charge in [0, 0.05) is 12.0 Å². The highest BCUT2D eigenvalue weighted by atomic mass is 16.5. The maximum Gasteiger partial charge on any atom is 0.161 e. The van der Waals surface area contributed by atoms with Crippen LogP contribution < -0.4 is 14.8 Å². The molecule has 1 saturated carbocycles. The topological polar surface area (TPSA) is 30.5 Å². The standard InChI is InChI=1S/C18H27NO2/c1-5-19-17(14-9-18(14,3)4)13-6-7-15-16(8-13)21-11-12(2)10-20-15/h6-8,12,14,17,19H,5,9-11H2,1-4H3. The Morgan fingerprint density at radius 1 is 1.24 bits per heavy atom. The van der Waals surface area contributed by atoms with E-state index < -0.39 is 0 Å². The zero-order valence-corrected chi connectivity index (χ0v) is 13.6. The predicted octanol–water partition coefficient (Wildman–Crippen LogP) is 3.79. The third-order valence-corrected chi connectivity index (χ3v) is 4.79. The lowest BCUT2D eigenvalue weighted by Gasteiger charge is -2.21. The van der Waals surface area contributed by atoms with Gasteiger partial charge in [-0.1, -0.05) is 33.8 Å². The summed E-state index contributed by atoms with van der Waals surface area (Å²) < 4.78 is 11.8. The van der Waals surface area contributed by atoms with Gasteiger partial charge >= 0.3 is 0 Å². The molecule has 0 amide bonds. The normalized spacial score (nSPS) is 27.8. The van der Waals surface area contributed by atoms with Gasteiger partial charge in [0.25, 0.3) is 0 Å². The first kappa shape index (κ1) is 14.7. The van der Waals surface area contributed by atoms with E-state index in [1.54, 1.807) is 0 Å². The zero-order chi connectivity index (χ0) is 15.0. The van der Waals surface area contributed by atoms with Gasteiger partial charge in [-0.2, -0.15) is 0 Å². The first-order valence-electron chi connectivity index (χ1n) is 8.14. The second-order valence-corrected chi connectivity index (χ2v) is 7.27. The van der Waals surface area contributed by atoms with Gasteiger partial charge in [-0.3, -0.25) is 0 Å². The number of hydrogen-bond donors (Lipinski definition) is 1. The van der Waals surface area contributed by atoms with Crippen molar-refractivity contribution in [3.05, 3.63) is 23.8 Å². The summed E-state index contributed by atoms with van der Waals surface area (Å²) in [5.74, 6) is 2.93. The number of ether oxygens (including phenoxy) is 2. The molecular weight excluding hydrogens is 262 g/mol. The molecule has 3 rings (SSSR count). The summed E-state index contributed by atoms with van der Waals surface area (Å²) in [5.41, 5.74) is 1.77. The Hall–Kier alpha value is -1.22. The molecule has 116 valence electrons. The van der Waals surface area contributed by atoms with E-state index >= 15 is 0 Å². The zero-order valence-electron chi connectivity index (χ0n) is 13.6. The van der Waals surface area contributed by atoms with Crippen LogP contribution in [0.25, 0.3) is 0 Å². The Balaban J connectivity index is 1.84. The summed E-state index contributed by atoms with van der Waals surface area (Å²) in [6.07, 6.45) is 1.29. The molecule has 0 aromatic heterocycles. The molecule has 1 heterocycles. The Kier molecular flexibility index (Phi) is 3.87. The molecule has 1 aromatic rings. The van der Waals surface area contributed by atoms with Crippen molar-refractivity contribution in [3.63, 3.8) is 0 Å². The summed E-state index contributed by atoms with van der Waals surface area (Å²) in [4.78, 5) is 0. The average molecular weight is 289 g/mol. The van der Waals surface area contributed by atoms with E-state index in [2.05, 4.69) is 51.2 Å². The fourth-order valence-corrected chi connectivity index (χ4v) is 3.25. The Morgan fingerprint density at radius 2 is 1.90 bits per heavy atom. The second kappa shape index (κ2) is 5.53. The van der Waals surface area contributed by atoms with Gasteiger partial charge in [-0.25, -0.2) is 0 Å². The third kappa shape index (κ3) is 3.03. The van der Waals surface area contributed by atoms with Crippen LogP contribution in [-0.2, 0) is 0 Å². The fourth-order valence-electron chi connectivity index (χ4n) is 3.25. The van der Waals surface area contributed by atoms with Crippen LogP contribution in [0.4, 0.5) is 0 Å². The summed E-state index contributed by atoms with van der Waals surface area (Å²) in [7, 11) is 0. The van der Waals surface area contributed by atoms with Gasteiger partial charge in [-0.15, -0.1) is 0 Å². The molecule has 1 aromatic carbocycles. The van der Waals surface area contributed by atoms with E-state index in [0.717, 1.165) is 31.3 Å². The molecule has 2 aliphatic rings. The molecule has 3 heteroatoms. The molecule has 1 aliphatic carbocycles. The van der Waals surface area contributed by atoms with Gasteiger partial charge in [0.05, 0.1) is 13.2 Å². The quantitative estimate of drug-likeness (QED) is 0.914. The van der Waals surface area contributed by atoms with E-state index in [1.165, 1.54) is 12.0 Å². The number of rotatable bonds is 4. The molecular formula is C18H27NO2. The maximum absolute atomic E-state index is 5.93. The van der Waals surface area contributed by atoms with E-state index in [0.29, 0.717) is 23.3 Å². The van der Waals surface area contributed by atoms with Gasteiger partial charge < -0.3 is 14.8 Å². The lowest BCUT2D eigenvalue weighted by molar-refractivity contribution is 0.228. The maximum atomic E-state index is 5.93. The smallest absolute Gasteiger partial charge is 0.161 e. The third-order valence-electron chi connectivity index (χ3n) is 4.79. The Labute approximate surface area is 128 Å². The van der Waals surface area contributed by atoms with Gasteiger partial charge in [0.15, 0.2) is 11.5 Å². The van der Waals surface area contributed by atoms with Crippen LogP contribution in [0.2, 0.25) is 0 Å². The molecule has 1 fully saturated rings. The number of nitrogens with one attached hydrogen (secondary N) is 1. The minimum Gasteiger partial charge on any atom is -0.489 e. The number of benzene rings is 1. The SMILES string of the molecule is CCNC(c1ccc2c(c1)OCC(C)CO2)C1CC1(C)C. The monoisotopic (exact) mass is 289 g/mol. The molecule has 0 bridgehead atoms. The van der Waals surface area contributed by atoms with Crippen molar-refractivity contribution in [2.24, 2.45) is 17.3 Å². The minimum atomic E-state index is 0.416. The minimum absolute atomic E-state index is 0.416. The molecule has 0 spiro atoms. The fraction of sp³-hybridized carbons (Fsp3) is 0.667. The van der Waals surface area contributed by atoms with Crippen molar-refractivity contribution < 1.29 is 9.47 Å². The van der Waals surface area contributed by atoms with Crippen LogP contribution in [-0.4, -0.2) is 19.8 Å². The van der Waals surface area contributed by atoms with Crippen LogP contribution in [0.1, 0.15) is 45.7 Å². The molecule has 1 aliphatic heterocycles. The predicted molar refractivity (Wildman–Crippen MR) is 84.9 cm³/mol. The average Bonchev–Trinajstić information content (AvgIpc) is 3.13. The van der Waals surface area contributed by atoms with Crippen molar-refractivity contribution in [2.45, 2.75) is 40.2 Å². The van der Waals surface area contributed by atoms with Gasteiger partial charge in [0.1, 0.15) is 0 Å². The summed E-state index contributed by atoms with van der Waals surface area (Å²) >= 11 is 0. The molecule has 3 atom stereocenters. The molecule has 21 heavy (non-hydrogen) atoms. The lowest BCUT2D eigenvalue weighted by Crippen LogP contribution is -2.24. The van der Waals surface area contributed by atoms with Gasteiger partial charge in [0.2, 0.25) is 0 Å². The van der Waals surface area contributed by atoms with E-state index in [1.807, 2.05) is 0 Å². The Bertz CT molecular complexity index is 512. The van der Waals surface area contributed by atoms with E-state index in [4.69, 9.17) is 9.47 Å².